The molecule has 0 amide bonds. The van der Waals surface area contributed by atoms with Crippen molar-refractivity contribution in [3.8, 4) is 17.6 Å². The van der Waals surface area contributed by atoms with Crippen LogP contribution in [-0.4, -0.2) is 54.5 Å². The van der Waals surface area contributed by atoms with Crippen LogP contribution < -0.4 is 18.9 Å². The van der Waals surface area contributed by atoms with E-state index in [4.69, 9.17) is 14.9 Å². The number of aromatic nitrogens is 2. The molecule has 1 aliphatic rings. The van der Waals surface area contributed by atoms with Gasteiger partial charge in [-0.3, -0.25) is 14.5 Å². The zero-order valence-electron chi connectivity index (χ0n) is 23.6. The Bertz CT molecular complexity index is 1870. The summed E-state index contributed by atoms with van der Waals surface area (Å²) in [6.07, 6.45) is 5.49. The van der Waals surface area contributed by atoms with Gasteiger partial charge in [0.15, 0.2) is 22.7 Å². The van der Waals surface area contributed by atoms with Crippen molar-refractivity contribution >= 4 is 48.9 Å². The molecule has 0 unspecified atom stereocenters. The summed E-state index contributed by atoms with van der Waals surface area (Å²) in [6.45, 7) is 4.48. The molecule has 3 N–H and O–H groups in total. The Kier molecular flexibility index (Phi) is 9.55. The van der Waals surface area contributed by atoms with E-state index in [0.717, 1.165) is 11.0 Å². The minimum Gasteiger partial charge on any atom is -0.444 e. The second-order valence-corrected chi connectivity index (χ2v) is 12.9. The lowest BCUT2D eigenvalue weighted by Crippen LogP contribution is -2.35. The minimum absolute atomic E-state index is 0.00594. The number of allylic oxidation sites excluding steroid dienone is 2. The average molecular weight is 631 g/mol. The summed E-state index contributed by atoms with van der Waals surface area (Å²) < 4.78 is 79.2. The van der Waals surface area contributed by atoms with Crippen molar-refractivity contribution in [2.24, 2.45) is 0 Å². The van der Waals surface area contributed by atoms with E-state index in [0.29, 0.717) is 41.0 Å². The normalized spacial score (nSPS) is 14.3. The van der Waals surface area contributed by atoms with Gasteiger partial charge < -0.3 is 14.4 Å². The lowest BCUT2D eigenvalue weighted by atomic mass is 10.2. The molecule has 1 aromatic heterocycles. The Hall–Kier alpha value is -4.23. The van der Waals surface area contributed by atoms with Crippen molar-refractivity contribution in [3.05, 3.63) is 65.8 Å². The van der Waals surface area contributed by atoms with Crippen LogP contribution in [0.25, 0.3) is 17.1 Å². The highest BCUT2D eigenvalue weighted by Gasteiger charge is 2.28. The Morgan fingerprint density at radius 3 is 2.42 bits per heavy atom. The number of hydrogen-bond acceptors (Lipinski definition) is 9. The maximum Gasteiger partial charge on any atom is 0.282 e. The highest BCUT2D eigenvalue weighted by molar-refractivity contribution is 7.86. The van der Waals surface area contributed by atoms with Gasteiger partial charge in [-0.1, -0.05) is 0 Å². The van der Waals surface area contributed by atoms with Gasteiger partial charge in [0, 0.05) is 38.1 Å². The molecule has 1 aliphatic heterocycles. The van der Waals surface area contributed by atoms with Crippen molar-refractivity contribution < 1.29 is 40.0 Å². The molecule has 2 aromatic carbocycles. The van der Waals surface area contributed by atoms with E-state index in [1.54, 1.807) is 47.4 Å². The van der Waals surface area contributed by atoms with Crippen LogP contribution in [0.15, 0.2) is 54.4 Å². The third kappa shape index (κ3) is 7.99. The molecule has 0 fully saturated rings. The van der Waals surface area contributed by atoms with Crippen LogP contribution in [-0.2, 0) is 33.3 Å². The average Bonchev–Trinajstić information content (AvgIpc) is 3.40. The van der Waals surface area contributed by atoms with Crippen LogP contribution in [0.3, 0.4) is 0 Å². The van der Waals surface area contributed by atoms with E-state index in [9.17, 15) is 31.2 Å². The number of hydrogen-bond donors (Lipinski definition) is 3. The number of nitriles is 1. The van der Waals surface area contributed by atoms with Crippen LogP contribution in [0.5, 0.6) is 11.5 Å². The van der Waals surface area contributed by atoms with Gasteiger partial charge in [-0.2, -0.15) is 22.1 Å². The zero-order valence-corrected chi connectivity index (χ0v) is 25.2. The lowest BCUT2D eigenvalue weighted by Gasteiger charge is -2.18. The number of anilines is 1. The second kappa shape index (κ2) is 13.0. The molecule has 3 aromatic rings. The van der Waals surface area contributed by atoms with E-state index in [-0.39, 0.29) is 31.8 Å². The van der Waals surface area contributed by atoms with Gasteiger partial charge in [0.25, 0.3) is 26.1 Å². The molecule has 0 saturated carbocycles. The largest absolute Gasteiger partial charge is 0.444 e. The molecule has 0 atom stereocenters. The molecule has 2 heterocycles. The molecule has 43 heavy (non-hydrogen) atoms. The zero-order chi connectivity index (χ0) is 31.4. The van der Waals surface area contributed by atoms with Crippen molar-refractivity contribution in [1.82, 2.24) is 4.57 Å². The first-order valence-corrected chi connectivity index (χ1v) is 16.6. The van der Waals surface area contributed by atoms with Gasteiger partial charge >= 0.3 is 0 Å². The van der Waals surface area contributed by atoms with Crippen molar-refractivity contribution in [2.45, 2.75) is 39.8 Å². The van der Waals surface area contributed by atoms with Crippen molar-refractivity contribution in [3.63, 3.8) is 0 Å². The van der Waals surface area contributed by atoms with Gasteiger partial charge in [0.05, 0.1) is 41.9 Å². The number of nitrogens with one attached hydrogen (secondary N) is 1. The first-order valence-electron chi connectivity index (χ1n) is 13.4. The third-order valence-corrected chi connectivity index (χ3v) is 8.19. The van der Waals surface area contributed by atoms with E-state index in [1.165, 1.54) is 6.92 Å². The number of benzene rings is 2. The summed E-state index contributed by atoms with van der Waals surface area (Å²) in [4.78, 5) is 1.74. The fraction of sp³-hybridized carbons (Fsp3) is 0.321. The molecule has 228 valence electrons. The molecule has 0 spiro atoms. The van der Waals surface area contributed by atoms with Gasteiger partial charge in [0.2, 0.25) is 5.88 Å². The predicted molar refractivity (Wildman–Crippen MR) is 160 cm³/mol. The maximum absolute atomic E-state index is 11.4. The summed E-state index contributed by atoms with van der Waals surface area (Å²) in [7, 11) is -8.32. The van der Waals surface area contributed by atoms with E-state index in [2.05, 4.69) is 6.07 Å². The Balaban J connectivity index is 1.72. The summed E-state index contributed by atoms with van der Waals surface area (Å²) in [5.41, 5.74) is 2.61. The molecule has 4 rings (SSSR count). The Morgan fingerprint density at radius 2 is 1.79 bits per heavy atom. The van der Waals surface area contributed by atoms with Gasteiger partial charge in [-0.15, -0.1) is 0 Å². The van der Waals surface area contributed by atoms with Crippen LogP contribution in [0.1, 0.15) is 38.1 Å². The Morgan fingerprint density at radius 1 is 1.09 bits per heavy atom. The van der Waals surface area contributed by atoms with Gasteiger partial charge in [-0.25, -0.2) is 9.13 Å². The highest BCUT2D eigenvalue weighted by Crippen LogP contribution is 2.41. The summed E-state index contributed by atoms with van der Waals surface area (Å²) in [5, 5.41) is 17.1. The van der Waals surface area contributed by atoms with E-state index < -0.39 is 31.7 Å². The molecule has 0 aliphatic carbocycles. The maximum atomic E-state index is 11.4. The first kappa shape index (κ1) is 31.7. The number of aryl methyl sites for hydroxylation is 2. The van der Waals surface area contributed by atoms with E-state index in [1.807, 2.05) is 28.2 Å². The second-order valence-electron chi connectivity index (χ2n) is 9.75. The minimum atomic E-state index is -4.17. The van der Waals surface area contributed by atoms with Crippen LogP contribution in [0.4, 0.5) is 5.69 Å². The summed E-state index contributed by atoms with van der Waals surface area (Å²) >= 11 is 0. The molecule has 0 saturated heterocycles. The Labute approximate surface area is 249 Å². The highest BCUT2D eigenvalue weighted by atomic mass is 32.2. The number of ether oxygens (including phenoxy) is 2. The molecule has 15 heteroatoms. The number of imidazole rings is 1. The van der Waals surface area contributed by atoms with Crippen LogP contribution >= 0.6 is 0 Å². The molecular formula is C28H32N5O8S2+. The van der Waals surface area contributed by atoms with Crippen molar-refractivity contribution in [1.29, 1.82) is 10.7 Å². The smallest absolute Gasteiger partial charge is 0.282 e. The summed E-state index contributed by atoms with van der Waals surface area (Å²) in [6, 6.07) is 12.4. The fourth-order valence-electron chi connectivity index (χ4n) is 4.88. The predicted octanol–water partition coefficient (Wildman–Crippen LogP) is 3.51. The molecular weight excluding hydrogens is 598 g/mol. The van der Waals surface area contributed by atoms with Gasteiger partial charge in [-0.05, 0) is 49.8 Å². The topological polar surface area (TPSA) is 187 Å². The standard InChI is InChI=1S/C28H31N5O8S2/c1-3-31-23-11-9-21(19-29)17-24(23)32(13-5-15-42(34,35)36)27(31)7-4-8-28-33(14-6-16-43(37,38)39)25-18-22(40-20(2)30)10-12-26(25)41-28/h4,7-12,17-18,30H,3,5-6,13-16H2,1-2H3,(H-,34,35,36,37,38,39)/p+1. The monoisotopic (exact) mass is 630 g/mol. The SMILES string of the molecule is CC[n+]1c(C=CC=C2Oc3ccc(OC(C)=N)cc3N2CCCS(=O)(=O)O)n(CCCS(=O)(=O)O)c2cc(C#N)ccc21. The lowest BCUT2D eigenvalue weighted by molar-refractivity contribution is -0.670. The van der Waals surface area contributed by atoms with Gasteiger partial charge in [0.1, 0.15) is 5.75 Å². The molecule has 13 nitrogen and oxygen atoms in total. The quantitative estimate of drug-likeness (QED) is 0.116. The fourth-order valence-corrected chi connectivity index (χ4v) is 5.87. The first-order chi connectivity index (χ1) is 20.3. The number of rotatable bonds is 12. The van der Waals surface area contributed by atoms with Crippen molar-refractivity contribution in [2.75, 3.05) is 23.0 Å². The van der Waals surface area contributed by atoms with Crippen LogP contribution in [0, 0.1) is 16.7 Å². The third-order valence-electron chi connectivity index (χ3n) is 6.58. The van der Waals surface area contributed by atoms with E-state index >= 15 is 0 Å². The summed E-state index contributed by atoms with van der Waals surface area (Å²) in [5.74, 6) is 1.13. The number of fused-ring (bicyclic) bond motifs is 2. The van der Waals surface area contributed by atoms with Crippen LogP contribution in [0.2, 0.25) is 0 Å². The molecule has 0 radical (unpaired) electrons. The number of nitrogens with zero attached hydrogens (tertiary/aromatic N) is 4. The molecule has 0 bridgehead atoms.